The molecule has 2 aromatic heterocycles. The van der Waals surface area contributed by atoms with E-state index in [0.29, 0.717) is 6.61 Å². The van der Waals surface area contributed by atoms with Crippen LogP contribution in [0, 0.1) is 0 Å². The number of hydrogen-bond donors (Lipinski definition) is 1. The van der Waals surface area contributed by atoms with Crippen molar-refractivity contribution in [2.24, 2.45) is 0 Å². The van der Waals surface area contributed by atoms with E-state index < -0.39 is 0 Å². The summed E-state index contributed by atoms with van der Waals surface area (Å²) in [5, 5.41) is 8.77. The normalized spacial score (nSPS) is 14.7. The number of aromatic nitrogens is 3. The highest BCUT2D eigenvalue weighted by Gasteiger charge is 2.15. The van der Waals surface area contributed by atoms with E-state index in [1.54, 1.807) is 0 Å². The number of ether oxygens (including phenoxy) is 2. The molecule has 0 atom stereocenters. The van der Waals surface area contributed by atoms with Crippen LogP contribution >= 0.6 is 0 Å². The molecule has 4 rings (SSSR count). The Bertz CT molecular complexity index is 932. The third-order valence-corrected chi connectivity index (χ3v) is 5.46. The molecule has 0 amide bonds. The Morgan fingerprint density at radius 2 is 1.97 bits per heavy atom. The van der Waals surface area contributed by atoms with Crippen molar-refractivity contribution in [3.63, 3.8) is 0 Å². The van der Waals surface area contributed by atoms with Gasteiger partial charge in [0.05, 0.1) is 18.7 Å². The van der Waals surface area contributed by atoms with Crippen molar-refractivity contribution < 1.29 is 9.47 Å². The van der Waals surface area contributed by atoms with Crippen LogP contribution in [0.25, 0.3) is 22.2 Å². The van der Waals surface area contributed by atoms with Crippen LogP contribution in [0.15, 0.2) is 36.5 Å². The van der Waals surface area contributed by atoms with E-state index in [4.69, 9.17) is 9.47 Å². The van der Waals surface area contributed by atoms with Gasteiger partial charge in [-0.05, 0) is 43.4 Å². The summed E-state index contributed by atoms with van der Waals surface area (Å²) >= 11 is 0. The van der Waals surface area contributed by atoms with Gasteiger partial charge in [0.2, 0.25) is 0 Å². The molecule has 7 heteroatoms. The number of benzene rings is 1. The molecule has 0 unspecified atom stereocenters. The summed E-state index contributed by atoms with van der Waals surface area (Å²) < 4.78 is 11.5. The molecule has 1 aliphatic rings. The Morgan fingerprint density at radius 1 is 1.14 bits per heavy atom. The van der Waals surface area contributed by atoms with E-state index in [1.807, 2.05) is 24.4 Å². The molecular weight excluding hydrogens is 366 g/mol. The van der Waals surface area contributed by atoms with Crippen molar-refractivity contribution in [2.45, 2.75) is 13.8 Å². The number of aromatic amines is 1. The quantitative estimate of drug-likeness (QED) is 0.632. The highest BCUT2D eigenvalue weighted by atomic mass is 16.5. The molecular formula is C22H29N5O2. The van der Waals surface area contributed by atoms with Gasteiger partial charge in [0.1, 0.15) is 23.9 Å². The van der Waals surface area contributed by atoms with E-state index >= 15 is 0 Å². The van der Waals surface area contributed by atoms with Gasteiger partial charge >= 0.3 is 0 Å². The number of morpholine rings is 1. The second kappa shape index (κ2) is 9.24. The number of rotatable bonds is 8. The fourth-order valence-corrected chi connectivity index (χ4v) is 3.67. The molecule has 3 aromatic rings. The van der Waals surface area contributed by atoms with Crippen molar-refractivity contribution >= 4 is 16.7 Å². The molecule has 1 N–H and O–H groups in total. The first-order valence-electron chi connectivity index (χ1n) is 10.4. The molecule has 0 aliphatic carbocycles. The van der Waals surface area contributed by atoms with Crippen molar-refractivity contribution in [2.75, 3.05) is 57.4 Å². The van der Waals surface area contributed by atoms with Gasteiger partial charge in [0.15, 0.2) is 0 Å². The van der Waals surface area contributed by atoms with Crippen LogP contribution in [-0.4, -0.2) is 72.6 Å². The number of nitrogens with one attached hydrogen (secondary N) is 1. The van der Waals surface area contributed by atoms with E-state index in [2.05, 4.69) is 51.0 Å². The fraction of sp³-hybridized carbons (Fsp3) is 0.455. The molecule has 0 radical (unpaired) electrons. The molecule has 1 saturated heterocycles. The van der Waals surface area contributed by atoms with Crippen LogP contribution in [0.2, 0.25) is 0 Å². The van der Waals surface area contributed by atoms with Crippen molar-refractivity contribution in [3.8, 4) is 17.0 Å². The minimum Gasteiger partial charge on any atom is -0.492 e. The summed E-state index contributed by atoms with van der Waals surface area (Å²) in [6.07, 6.45) is 1.85. The topological polar surface area (TPSA) is 66.5 Å². The van der Waals surface area contributed by atoms with Gasteiger partial charge in [-0.25, -0.2) is 4.98 Å². The Morgan fingerprint density at radius 3 is 2.76 bits per heavy atom. The summed E-state index contributed by atoms with van der Waals surface area (Å²) in [6.45, 7) is 11.2. The largest absolute Gasteiger partial charge is 0.492 e. The first kappa shape index (κ1) is 19.7. The summed E-state index contributed by atoms with van der Waals surface area (Å²) in [4.78, 5) is 9.15. The lowest BCUT2D eigenvalue weighted by molar-refractivity contribution is 0.122. The van der Waals surface area contributed by atoms with Crippen LogP contribution in [0.1, 0.15) is 13.8 Å². The van der Waals surface area contributed by atoms with Gasteiger partial charge < -0.3 is 19.3 Å². The highest BCUT2D eigenvalue weighted by Crippen LogP contribution is 2.30. The first-order chi connectivity index (χ1) is 14.3. The van der Waals surface area contributed by atoms with Gasteiger partial charge in [-0.2, -0.15) is 5.10 Å². The number of pyridine rings is 1. The molecule has 0 bridgehead atoms. The summed E-state index contributed by atoms with van der Waals surface area (Å²) in [7, 11) is 0. The Kier molecular flexibility index (Phi) is 6.27. The van der Waals surface area contributed by atoms with Crippen molar-refractivity contribution in [1.82, 2.24) is 20.1 Å². The highest BCUT2D eigenvalue weighted by molar-refractivity contribution is 5.94. The van der Waals surface area contributed by atoms with Crippen LogP contribution in [0.5, 0.6) is 5.75 Å². The third kappa shape index (κ3) is 4.52. The lowest BCUT2D eigenvalue weighted by atomic mass is 10.1. The summed E-state index contributed by atoms with van der Waals surface area (Å²) in [5.41, 5.74) is 2.97. The Balaban J connectivity index is 1.55. The summed E-state index contributed by atoms with van der Waals surface area (Å²) in [5.74, 6) is 1.84. The Labute approximate surface area is 171 Å². The van der Waals surface area contributed by atoms with Gasteiger partial charge in [-0.3, -0.25) is 5.10 Å². The molecule has 29 heavy (non-hydrogen) atoms. The van der Waals surface area contributed by atoms with Gasteiger partial charge in [0, 0.05) is 36.8 Å². The average molecular weight is 396 g/mol. The number of hydrogen-bond acceptors (Lipinski definition) is 6. The maximum atomic E-state index is 6.01. The second-order valence-electron chi connectivity index (χ2n) is 7.16. The number of anilines is 1. The lowest BCUT2D eigenvalue weighted by Crippen LogP contribution is -2.36. The zero-order valence-electron chi connectivity index (χ0n) is 17.2. The Hall–Kier alpha value is -2.64. The molecule has 1 fully saturated rings. The molecule has 7 nitrogen and oxygen atoms in total. The molecule has 1 aromatic carbocycles. The fourth-order valence-electron chi connectivity index (χ4n) is 3.67. The van der Waals surface area contributed by atoms with Crippen LogP contribution in [-0.2, 0) is 4.74 Å². The zero-order valence-corrected chi connectivity index (χ0v) is 17.2. The van der Waals surface area contributed by atoms with Gasteiger partial charge in [0.25, 0.3) is 0 Å². The monoisotopic (exact) mass is 395 g/mol. The van der Waals surface area contributed by atoms with Crippen LogP contribution in [0.3, 0.4) is 0 Å². The van der Waals surface area contributed by atoms with Crippen LogP contribution in [0.4, 0.5) is 5.82 Å². The zero-order chi connectivity index (χ0) is 20.1. The maximum absolute atomic E-state index is 6.01. The first-order valence-corrected chi connectivity index (χ1v) is 10.4. The van der Waals surface area contributed by atoms with E-state index in [-0.39, 0.29) is 0 Å². The third-order valence-electron chi connectivity index (χ3n) is 5.46. The molecule has 3 heterocycles. The molecule has 0 spiro atoms. The summed E-state index contributed by atoms with van der Waals surface area (Å²) in [6, 6.07) is 10.2. The van der Waals surface area contributed by atoms with Crippen molar-refractivity contribution in [1.29, 1.82) is 0 Å². The van der Waals surface area contributed by atoms with Crippen LogP contribution < -0.4 is 9.64 Å². The molecule has 1 aliphatic heterocycles. The van der Waals surface area contributed by atoms with Gasteiger partial charge in [-0.15, -0.1) is 0 Å². The second-order valence-corrected chi connectivity index (χ2v) is 7.16. The smallest absolute Gasteiger partial charge is 0.129 e. The SMILES string of the molecule is CCN(CC)CCOc1ccc2[nH]nc(-c3ccnc(N4CCOCC4)c3)c2c1. The van der Waals surface area contributed by atoms with Gasteiger partial charge in [-0.1, -0.05) is 13.8 Å². The number of H-pyrrole nitrogens is 1. The molecule has 0 saturated carbocycles. The maximum Gasteiger partial charge on any atom is 0.129 e. The average Bonchev–Trinajstić information content (AvgIpc) is 3.21. The van der Waals surface area contributed by atoms with E-state index in [1.165, 1.54) is 0 Å². The number of nitrogens with zero attached hydrogens (tertiary/aromatic N) is 4. The van der Waals surface area contributed by atoms with E-state index in [0.717, 1.165) is 79.7 Å². The lowest BCUT2D eigenvalue weighted by Gasteiger charge is -2.27. The molecule has 154 valence electrons. The minimum atomic E-state index is 0.677. The van der Waals surface area contributed by atoms with Crippen molar-refractivity contribution in [3.05, 3.63) is 36.5 Å². The minimum absolute atomic E-state index is 0.677. The predicted octanol–water partition coefficient (Wildman–Crippen LogP) is 3.18. The number of likely N-dealkylation sites (N-methyl/N-ethyl adjacent to an activating group) is 1. The number of fused-ring (bicyclic) bond motifs is 1. The standard InChI is InChI=1S/C22H29N5O2/c1-3-26(4-2)9-14-29-18-5-6-20-19(16-18)22(25-24-20)17-7-8-23-21(15-17)27-10-12-28-13-11-27/h5-8,15-16H,3-4,9-14H2,1-2H3,(H,24,25). The van der Waals surface area contributed by atoms with E-state index in [9.17, 15) is 0 Å². The predicted molar refractivity (Wildman–Crippen MR) is 116 cm³/mol.